The minimum Gasteiger partial charge on any atom is -0.508 e. The Bertz CT molecular complexity index is 562. The molecule has 104 valence electrons. The smallest absolute Gasteiger partial charge is 0.224 e. The van der Waals surface area contributed by atoms with Gasteiger partial charge >= 0.3 is 0 Å². The van der Waals surface area contributed by atoms with Gasteiger partial charge in [0.25, 0.3) is 0 Å². The maximum atomic E-state index is 11.8. The number of carbonyl (C=O) groups excluding carboxylic acids is 1. The molecule has 0 spiro atoms. The second-order valence-electron chi connectivity index (χ2n) is 4.62. The zero-order valence-corrected chi connectivity index (χ0v) is 11.2. The van der Waals surface area contributed by atoms with E-state index in [2.05, 4.69) is 5.32 Å². The predicted octanol–water partition coefficient (Wildman–Crippen LogP) is 2.42. The van der Waals surface area contributed by atoms with Crippen LogP contribution in [0.2, 0.25) is 0 Å². The number of anilines is 1. The Morgan fingerprint density at radius 3 is 2.20 bits per heavy atom. The first kappa shape index (κ1) is 14.1. The highest BCUT2D eigenvalue weighted by Crippen LogP contribution is 2.13. The van der Waals surface area contributed by atoms with E-state index in [1.54, 1.807) is 12.1 Å². The molecule has 0 aliphatic rings. The molecular formula is C16H18N2O2. The van der Waals surface area contributed by atoms with E-state index >= 15 is 0 Å². The van der Waals surface area contributed by atoms with Gasteiger partial charge < -0.3 is 16.2 Å². The van der Waals surface area contributed by atoms with Crippen molar-refractivity contribution < 1.29 is 9.90 Å². The molecule has 0 atom stereocenters. The van der Waals surface area contributed by atoms with Gasteiger partial charge in [-0.15, -0.1) is 0 Å². The third-order valence-electron chi connectivity index (χ3n) is 3.05. The average Bonchev–Trinajstić information content (AvgIpc) is 2.47. The van der Waals surface area contributed by atoms with Gasteiger partial charge in [-0.1, -0.05) is 24.3 Å². The second kappa shape index (κ2) is 6.73. The lowest BCUT2D eigenvalue weighted by Gasteiger charge is -2.06. The highest BCUT2D eigenvalue weighted by Gasteiger charge is 2.03. The summed E-state index contributed by atoms with van der Waals surface area (Å²) in [6.45, 7) is 0.495. The van der Waals surface area contributed by atoms with Gasteiger partial charge in [0.2, 0.25) is 5.91 Å². The number of rotatable bonds is 5. The van der Waals surface area contributed by atoms with Crippen LogP contribution in [0.15, 0.2) is 48.5 Å². The highest BCUT2D eigenvalue weighted by molar-refractivity contribution is 5.90. The van der Waals surface area contributed by atoms with Crippen molar-refractivity contribution in [1.29, 1.82) is 0 Å². The summed E-state index contributed by atoms with van der Waals surface area (Å²) in [5.74, 6) is 0.205. The molecule has 0 heterocycles. The molecule has 0 unspecified atom stereocenters. The van der Waals surface area contributed by atoms with Crippen LogP contribution in [0.25, 0.3) is 0 Å². The fourth-order valence-electron chi connectivity index (χ4n) is 1.87. The molecule has 4 heteroatoms. The summed E-state index contributed by atoms with van der Waals surface area (Å²) in [6, 6.07) is 14.4. The van der Waals surface area contributed by atoms with Crippen molar-refractivity contribution >= 4 is 11.6 Å². The lowest BCUT2D eigenvalue weighted by Crippen LogP contribution is -2.12. The van der Waals surface area contributed by atoms with Gasteiger partial charge in [0.05, 0.1) is 0 Å². The molecule has 0 aromatic heterocycles. The van der Waals surface area contributed by atoms with E-state index < -0.39 is 0 Å². The monoisotopic (exact) mass is 270 g/mol. The molecular weight excluding hydrogens is 252 g/mol. The van der Waals surface area contributed by atoms with Crippen molar-refractivity contribution in [2.45, 2.75) is 19.4 Å². The third kappa shape index (κ3) is 4.10. The number of phenolic OH excluding ortho intramolecular Hbond substituents is 1. The second-order valence-corrected chi connectivity index (χ2v) is 4.62. The summed E-state index contributed by atoms with van der Waals surface area (Å²) in [7, 11) is 0. The number of aryl methyl sites for hydroxylation is 1. The Morgan fingerprint density at radius 1 is 1.00 bits per heavy atom. The van der Waals surface area contributed by atoms with E-state index in [1.165, 1.54) is 0 Å². The molecule has 0 saturated carbocycles. The zero-order valence-electron chi connectivity index (χ0n) is 11.2. The molecule has 2 aromatic rings. The van der Waals surface area contributed by atoms with E-state index in [0.29, 0.717) is 19.4 Å². The van der Waals surface area contributed by atoms with Crippen LogP contribution >= 0.6 is 0 Å². The summed E-state index contributed by atoms with van der Waals surface area (Å²) in [4.78, 5) is 11.8. The van der Waals surface area contributed by atoms with Crippen molar-refractivity contribution in [3.8, 4) is 5.75 Å². The Hall–Kier alpha value is -2.33. The first-order valence-corrected chi connectivity index (χ1v) is 6.54. The molecule has 20 heavy (non-hydrogen) atoms. The van der Waals surface area contributed by atoms with Gasteiger partial charge in [-0.3, -0.25) is 4.79 Å². The first-order valence-electron chi connectivity index (χ1n) is 6.54. The molecule has 2 rings (SSSR count). The van der Waals surface area contributed by atoms with Crippen molar-refractivity contribution in [3.63, 3.8) is 0 Å². The minimum atomic E-state index is -0.0291. The van der Waals surface area contributed by atoms with Crippen molar-refractivity contribution in [2.75, 3.05) is 5.32 Å². The van der Waals surface area contributed by atoms with Crippen molar-refractivity contribution in [2.24, 2.45) is 5.73 Å². The number of hydrogen-bond acceptors (Lipinski definition) is 3. The first-order chi connectivity index (χ1) is 9.67. The molecule has 0 radical (unpaired) electrons. The quantitative estimate of drug-likeness (QED) is 0.781. The van der Waals surface area contributed by atoms with Crippen molar-refractivity contribution in [1.82, 2.24) is 0 Å². The van der Waals surface area contributed by atoms with Crippen LogP contribution in [0.1, 0.15) is 17.5 Å². The Labute approximate surface area is 118 Å². The van der Waals surface area contributed by atoms with Crippen molar-refractivity contribution in [3.05, 3.63) is 59.7 Å². The minimum absolute atomic E-state index is 0.0291. The third-order valence-corrected chi connectivity index (χ3v) is 3.05. The van der Waals surface area contributed by atoms with Crippen LogP contribution in [-0.2, 0) is 17.8 Å². The van der Waals surface area contributed by atoms with Crippen LogP contribution in [0, 0.1) is 0 Å². The lowest BCUT2D eigenvalue weighted by atomic mass is 10.1. The van der Waals surface area contributed by atoms with Crippen LogP contribution < -0.4 is 11.1 Å². The maximum Gasteiger partial charge on any atom is 0.224 e. The largest absolute Gasteiger partial charge is 0.508 e. The molecule has 2 aromatic carbocycles. The number of amides is 1. The number of nitrogens with two attached hydrogens (primary N) is 1. The Morgan fingerprint density at radius 2 is 1.60 bits per heavy atom. The molecule has 4 N–H and O–H groups in total. The average molecular weight is 270 g/mol. The summed E-state index contributed by atoms with van der Waals surface area (Å²) in [6.07, 6.45) is 1.05. The van der Waals surface area contributed by atoms with Gasteiger partial charge in [0, 0.05) is 18.7 Å². The number of benzene rings is 2. The number of carbonyl (C=O) groups is 1. The fraction of sp³-hybridized carbons (Fsp3) is 0.188. The number of aromatic hydroxyl groups is 1. The molecule has 0 bridgehead atoms. The van der Waals surface area contributed by atoms with Crippen LogP contribution in [0.5, 0.6) is 5.75 Å². The summed E-state index contributed by atoms with van der Waals surface area (Å²) in [5, 5.41) is 12.0. The number of hydrogen-bond donors (Lipinski definition) is 3. The van der Waals surface area contributed by atoms with E-state index in [-0.39, 0.29) is 11.7 Å². The molecule has 0 aliphatic carbocycles. The molecule has 0 aliphatic heterocycles. The van der Waals surface area contributed by atoms with Gasteiger partial charge in [0.1, 0.15) is 5.75 Å². The summed E-state index contributed by atoms with van der Waals surface area (Å²) < 4.78 is 0. The summed E-state index contributed by atoms with van der Waals surface area (Å²) in [5.41, 5.74) is 8.35. The molecule has 1 amide bonds. The van der Waals surface area contributed by atoms with E-state index in [4.69, 9.17) is 5.73 Å². The fourth-order valence-corrected chi connectivity index (χ4v) is 1.87. The van der Waals surface area contributed by atoms with Crippen LogP contribution in [0.4, 0.5) is 5.69 Å². The van der Waals surface area contributed by atoms with E-state index in [0.717, 1.165) is 16.8 Å². The lowest BCUT2D eigenvalue weighted by molar-refractivity contribution is -0.116. The standard InChI is InChI=1S/C16H18N2O2/c17-11-13-1-6-14(7-2-13)18-16(20)10-5-12-3-8-15(19)9-4-12/h1-4,6-9,19H,5,10-11,17H2,(H,18,20). The summed E-state index contributed by atoms with van der Waals surface area (Å²) >= 11 is 0. The van der Waals surface area contributed by atoms with Crippen LogP contribution in [0.3, 0.4) is 0 Å². The van der Waals surface area contributed by atoms with Gasteiger partial charge in [-0.05, 0) is 41.8 Å². The topological polar surface area (TPSA) is 75.3 Å². The van der Waals surface area contributed by atoms with Crippen LogP contribution in [-0.4, -0.2) is 11.0 Å². The number of nitrogens with one attached hydrogen (secondary N) is 1. The zero-order chi connectivity index (χ0) is 14.4. The maximum absolute atomic E-state index is 11.8. The Balaban J connectivity index is 1.84. The van der Waals surface area contributed by atoms with E-state index in [9.17, 15) is 9.90 Å². The highest BCUT2D eigenvalue weighted by atomic mass is 16.3. The van der Waals surface area contributed by atoms with Gasteiger partial charge in [0.15, 0.2) is 0 Å². The van der Waals surface area contributed by atoms with E-state index in [1.807, 2.05) is 36.4 Å². The SMILES string of the molecule is NCc1ccc(NC(=O)CCc2ccc(O)cc2)cc1. The van der Waals surface area contributed by atoms with Gasteiger partial charge in [-0.2, -0.15) is 0 Å². The normalized spacial score (nSPS) is 10.2. The molecule has 0 saturated heterocycles. The predicted molar refractivity (Wildman–Crippen MR) is 79.4 cm³/mol. The Kier molecular flexibility index (Phi) is 4.74. The van der Waals surface area contributed by atoms with Gasteiger partial charge in [-0.25, -0.2) is 0 Å². The molecule has 0 fully saturated rings. The molecule has 4 nitrogen and oxygen atoms in total. The number of phenols is 1.